The molecular formula is C23H30N2O4. The Hall–Kier alpha value is -2.24. The summed E-state index contributed by atoms with van der Waals surface area (Å²) in [5.74, 6) is 2.97. The van der Waals surface area contributed by atoms with E-state index in [1.807, 2.05) is 32.0 Å². The third kappa shape index (κ3) is 3.47. The van der Waals surface area contributed by atoms with E-state index in [-0.39, 0.29) is 29.4 Å². The molecule has 2 amide bonds. The van der Waals surface area contributed by atoms with Crippen molar-refractivity contribution in [2.45, 2.75) is 64.4 Å². The van der Waals surface area contributed by atoms with Gasteiger partial charge in [0.1, 0.15) is 5.60 Å². The number of hydrazine groups is 1. The second kappa shape index (κ2) is 6.64. The Morgan fingerprint density at radius 1 is 1.07 bits per heavy atom. The molecule has 0 saturated heterocycles. The summed E-state index contributed by atoms with van der Waals surface area (Å²) in [7, 11) is 0. The van der Waals surface area contributed by atoms with Crippen LogP contribution in [0.2, 0.25) is 0 Å². The van der Waals surface area contributed by atoms with Crippen LogP contribution in [0.5, 0.6) is 11.5 Å². The van der Waals surface area contributed by atoms with Crippen molar-refractivity contribution >= 4 is 11.8 Å². The lowest BCUT2D eigenvalue weighted by Gasteiger charge is -2.55. The zero-order valence-electron chi connectivity index (χ0n) is 17.3. The Kier molecular flexibility index (Phi) is 4.30. The smallest absolute Gasteiger partial charge is 0.276 e. The summed E-state index contributed by atoms with van der Waals surface area (Å²) in [5, 5.41) is 0. The minimum absolute atomic E-state index is 0.0179. The van der Waals surface area contributed by atoms with E-state index < -0.39 is 0 Å². The van der Waals surface area contributed by atoms with E-state index in [1.165, 1.54) is 19.3 Å². The van der Waals surface area contributed by atoms with Gasteiger partial charge in [0.25, 0.3) is 5.91 Å². The Morgan fingerprint density at radius 2 is 1.72 bits per heavy atom. The van der Waals surface area contributed by atoms with Crippen LogP contribution in [0.3, 0.4) is 0 Å². The van der Waals surface area contributed by atoms with Crippen LogP contribution in [-0.4, -0.2) is 24.0 Å². The van der Waals surface area contributed by atoms with Crippen LogP contribution in [0, 0.1) is 23.2 Å². The quantitative estimate of drug-likeness (QED) is 0.764. The highest BCUT2D eigenvalue weighted by Crippen LogP contribution is 2.60. The predicted molar refractivity (Wildman–Crippen MR) is 107 cm³/mol. The number of rotatable bonds is 4. The summed E-state index contributed by atoms with van der Waals surface area (Å²) in [6.45, 7) is 3.90. The van der Waals surface area contributed by atoms with Gasteiger partial charge in [0, 0.05) is 12.0 Å². The highest BCUT2D eigenvalue weighted by atomic mass is 16.5. The van der Waals surface area contributed by atoms with E-state index in [2.05, 4.69) is 10.9 Å². The zero-order valence-corrected chi connectivity index (χ0v) is 17.3. The first-order chi connectivity index (χ1) is 13.8. The van der Waals surface area contributed by atoms with Crippen LogP contribution in [0.15, 0.2) is 18.2 Å². The third-order valence-electron chi connectivity index (χ3n) is 7.25. The molecule has 5 aliphatic rings. The molecule has 0 unspecified atom stereocenters. The van der Waals surface area contributed by atoms with Crippen molar-refractivity contribution < 1.29 is 19.1 Å². The molecule has 156 valence electrons. The number of hydrogen-bond donors (Lipinski definition) is 2. The average molecular weight is 399 g/mol. The summed E-state index contributed by atoms with van der Waals surface area (Å²) in [4.78, 5) is 25.2. The molecule has 0 spiro atoms. The summed E-state index contributed by atoms with van der Waals surface area (Å²) in [5.41, 5.74) is 5.79. The van der Waals surface area contributed by atoms with E-state index in [0.717, 1.165) is 31.2 Å². The summed E-state index contributed by atoms with van der Waals surface area (Å²) < 4.78 is 11.7. The molecule has 0 radical (unpaired) electrons. The summed E-state index contributed by atoms with van der Waals surface area (Å²) in [6.07, 6.45) is 7.58. The lowest BCUT2D eigenvalue weighted by atomic mass is 9.49. The highest BCUT2D eigenvalue weighted by Gasteiger charge is 2.54. The second-order valence-electron chi connectivity index (χ2n) is 10.3. The molecule has 1 heterocycles. The van der Waals surface area contributed by atoms with Gasteiger partial charge in [-0.2, -0.15) is 0 Å². The number of carbonyl (C=O) groups excluding carboxylic acids is 2. The fourth-order valence-corrected chi connectivity index (χ4v) is 6.53. The van der Waals surface area contributed by atoms with Crippen molar-refractivity contribution in [1.82, 2.24) is 10.9 Å². The van der Waals surface area contributed by atoms with Gasteiger partial charge in [-0.3, -0.25) is 20.4 Å². The van der Waals surface area contributed by atoms with E-state index >= 15 is 0 Å². The molecule has 29 heavy (non-hydrogen) atoms. The number of para-hydroxylation sites is 1. The lowest BCUT2D eigenvalue weighted by molar-refractivity contribution is -0.149. The van der Waals surface area contributed by atoms with E-state index in [4.69, 9.17) is 9.47 Å². The van der Waals surface area contributed by atoms with Crippen molar-refractivity contribution in [1.29, 1.82) is 0 Å². The third-order valence-corrected chi connectivity index (χ3v) is 7.25. The Morgan fingerprint density at radius 3 is 2.38 bits per heavy atom. The fraction of sp³-hybridized carbons (Fsp3) is 0.652. The maximum absolute atomic E-state index is 12.9. The monoisotopic (exact) mass is 398 g/mol. The minimum Gasteiger partial charge on any atom is -0.483 e. The van der Waals surface area contributed by atoms with Crippen LogP contribution in [0.4, 0.5) is 0 Å². The number of fused-ring (bicyclic) bond motifs is 1. The Bertz CT molecular complexity index is 812. The molecule has 1 aromatic rings. The molecule has 4 saturated carbocycles. The normalized spacial score (nSPS) is 33.0. The number of amides is 2. The van der Waals surface area contributed by atoms with Crippen molar-refractivity contribution in [2.75, 3.05) is 6.61 Å². The molecular weight excluding hydrogens is 368 g/mol. The van der Waals surface area contributed by atoms with Crippen molar-refractivity contribution in [3.63, 3.8) is 0 Å². The van der Waals surface area contributed by atoms with Gasteiger partial charge in [-0.15, -0.1) is 0 Å². The molecule has 4 bridgehead atoms. The maximum atomic E-state index is 12.9. The van der Waals surface area contributed by atoms with Crippen molar-refractivity contribution in [3.8, 4) is 11.5 Å². The minimum atomic E-state index is -0.363. The van der Waals surface area contributed by atoms with Crippen LogP contribution < -0.4 is 20.3 Å². The number of benzene rings is 1. The van der Waals surface area contributed by atoms with E-state index in [9.17, 15) is 9.59 Å². The van der Waals surface area contributed by atoms with Gasteiger partial charge in [-0.1, -0.05) is 12.1 Å². The summed E-state index contributed by atoms with van der Waals surface area (Å²) in [6, 6.07) is 5.73. The second-order valence-corrected chi connectivity index (χ2v) is 10.3. The molecule has 0 aromatic heterocycles. The van der Waals surface area contributed by atoms with Crippen LogP contribution >= 0.6 is 0 Å². The molecule has 0 atom stereocenters. The van der Waals surface area contributed by atoms with Gasteiger partial charge in [0.2, 0.25) is 5.91 Å². The van der Waals surface area contributed by atoms with Gasteiger partial charge < -0.3 is 9.47 Å². The van der Waals surface area contributed by atoms with Gasteiger partial charge >= 0.3 is 0 Å². The van der Waals surface area contributed by atoms with Crippen molar-refractivity contribution in [2.24, 2.45) is 23.2 Å². The molecule has 4 aliphatic carbocycles. The number of hydrogen-bond acceptors (Lipinski definition) is 4. The van der Waals surface area contributed by atoms with Gasteiger partial charge in [0.05, 0.1) is 5.41 Å². The lowest BCUT2D eigenvalue weighted by Crippen LogP contribution is -2.57. The first kappa shape index (κ1) is 18.8. The average Bonchev–Trinajstić information content (AvgIpc) is 2.97. The van der Waals surface area contributed by atoms with E-state index in [0.29, 0.717) is 29.3 Å². The molecule has 6 nitrogen and oxygen atoms in total. The topological polar surface area (TPSA) is 76.7 Å². The molecule has 2 N–H and O–H groups in total. The molecule has 4 fully saturated rings. The predicted octanol–water partition coefficient (Wildman–Crippen LogP) is 3.14. The van der Waals surface area contributed by atoms with Crippen LogP contribution in [0.25, 0.3) is 0 Å². The Labute approximate surface area is 171 Å². The van der Waals surface area contributed by atoms with Crippen LogP contribution in [0.1, 0.15) is 57.9 Å². The largest absolute Gasteiger partial charge is 0.483 e. The Balaban J connectivity index is 1.15. The number of nitrogens with one attached hydrogen (secondary N) is 2. The van der Waals surface area contributed by atoms with Crippen LogP contribution in [-0.2, 0) is 16.0 Å². The zero-order chi connectivity index (χ0) is 20.2. The van der Waals surface area contributed by atoms with Gasteiger partial charge in [-0.25, -0.2) is 0 Å². The number of carbonyl (C=O) groups is 2. The fourth-order valence-electron chi connectivity index (χ4n) is 6.53. The molecule has 6 rings (SSSR count). The molecule has 1 aromatic carbocycles. The molecule has 1 aliphatic heterocycles. The maximum Gasteiger partial charge on any atom is 0.276 e. The summed E-state index contributed by atoms with van der Waals surface area (Å²) >= 11 is 0. The first-order valence-electron chi connectivity index (χ1n) is 10.8. The van der Waals surface area contributed by atoms with Crippen molar-refractivity contribution in [3.05, 3.63) is 23.8 Å². The van der Waals surface area contributed by atoms with Gasteiger partial charge in [0.15, 0.2) is 18.1 Å². The highest BCUT2D eigenvalue weighted by molar-refractivity contribution is 5.86. The number of ether oxygens (including phenoxy) is 2. The van der Waals surface area contributed by atoms with E-state index in [1.54, 1.807) is 0 Å². The van der Waals surface area contributed by atoms with Gasteiger partial charge in [-0.05, 0) is 76.2 Å². The standard InChI is InChI=1S/C23H30N2O4/c1-22(2)12-17-4-3-5-18(20(17)29-22)28-13-19(26)24-25-21(27)23-9-14-6-15(10-23)8-16(7-14)11-23/h3-5,14-16H,6-13H2,1-2H3,(H,24,26)(H,25,27). The SMILES string of the molecule is CC1(C)Cc2cccc(OCC(=O)NNC(=O)C34CC5CC(CC(C5)C3)C4)c2O1. The first-order valence-corrected chi connectivity index (χ1v) is 10.8. The molecule has 6 heteroatoms.